The number of thiazole rings is 1. The lowest BCUT2D eigenvalue weighted by Crippen LogP contribution is -2.45. The molecule has 14 heteroatoms. The minimum Gasteiger partial charge on any atom is -0.357 e. The summed E-state index contributed by atoms with van der Waals surface area (Å²) in [5.74, 6) is 0.316. The molecule has 1 aliphatic rings. The number of benzene rings is 1. The highest BCUT2D eigenvalue weighted by molar-refractivity contribution is 7.19. The highest BCUT2D eigenvalue weighted by atomic mass is 32.1. The van der Waals surface area contributed by atoms with Gasteiger partial charge in [0.05, 0.1) is 27.9 Å². The average molecular weight is 560 g/mol. The molecule has 1 aliphatic heterocycles. The predicted octanol–water partition coefficient (Wildman–Crippen LogP) is 4.62. The second-order valence-electron chi connectivity index (χ2n) is 8.91. The van der Waals surface area contributed by atoms with Crippen molar-refractivity contribution in [2.75, 3.05) is 55.7 Å². The minimum absolute atomic E-state index is 0.00843. The number of carbonyl (C=O) groups excluding carboxylic acids is 1. The first-order valence-electron chi connectivity index (χ1n) is 12.3. The predicted molar refractivity (Wildman–Crippen MR) is 144 cm³/mol. The molecule has 2 amide bonds. The minimum atomic E-state index is -4.57. The van der Waals surface area contributed by atoms with Crippen molar-refractivity contribution in [3.63, 3.8) is 0 Å². The molecule has 2 aromatic heterocycles. The van der Waals surface area contributed by atoms with Crippen LogP contribution in [0.25, 0.3) is 10.6 Å². The Labute approximate surface area is 227 Å². The van der Waals surface area contributed by atoms with Gasteiger partial charge in [-0.05, 0) is 31.2 Å². The summed E-state index contributed by atoms with van der Waals surface area (Å²) in [6.07, 6.45) is -3.18. The number of alkyl halides is 3. The molecule has 206 valence electrons. The number of anilines is 3. The molecule has 0 aliphatic carbocycles. The van der Waals surface area contributed by atoms with E-state index in [1.54, 1.807) is 14.0 Å². The number of aryl methyl sites for hydroxylation is 1. The number of hydrogen-bond acceptors (Lipinski definition) is 9. The summed E-state index contributed by atoms with van der Waals surface area (Å²) < 4.78 is 41.7. The maximum atomic E-state index is 13.9. The third-order valence-electron chi connectivity index (χ3n) is 6.34. The summed E-state index contributed by atoms with van der Waals surface area (Å²) in [4.78, 5) is 30.1. The number of aromatic nitrogens is 3. The Kier molecular flexibility index (Phi) is 8.63. The van der Waals surface area contributed by atoms with Crippen molar-refractivity contribution in [2.45, 2.75) is 26.6 Å². The summed E-state index contributed by atoms with van der Waals surface area (Å²) in [6, 6.07) is 5.12. The number of amides is 2. The van der Waals surface area contributed by atoms with Crippen LogP contribution in [-0.2, 0) is 12.7 Å². The Morgan fingerprint density at radius 3 is 2.51 bits per heavy atom. The van der Waals surface area contributed by atoms with Gasteiger partial charge >= 0.3 is 12.2 Å². The Hall–Kier alpha value is -3.80. The fraction of sp³-hybridized carbons (Fsp3) is 0.400. The van der Waals surface area contributed by atoms with E-state index in [-0.39, 0.29) is 28.5 Å². The van der Waals surface area contributed by atoms with Gasteiger partial charge in [-0.3, -0.25) is 10.2 Å². The van der Waals surface area contributed by atoms with Gasteiger partial charge in [0.25, 0.3) is 0 Å². The SMILES string of the molecule is CCN1CCN(Cc2ccc(NC(=O)Nc3nc(C)c(-c4nc(NC)ncc4C#N)s3)cc2C(F)(F)F)CC1. The number of nitrogens with one attached hydrogen (secondary N) is 3. The number of urea groups is 1. The molecule has 3 heterocycles. The molecule has 0 unspecified atom stereocenters. The van der Waals surface area contributed by atoms with Crippen molar-refractivity contribution in [1.29, 1.82) is 5.26 Å². The van der Waals surface area contributed by atoms with E-state index < -0.39 is 17.8 Å². The number of nitriles is 1. The van der Waals surface area contributed by atoms with Crippen LogP contribution in [0.3, 0.4) is 0 Å². The maximum absolute atomic E-state index is 13.9. The topological polar surface area (TPSA) is 122 Å². The van der Waals surface area contributed by atoms with E-state index in [9.17, 15) is 23.2 Å². The number of halogens is 3. The van der Waals surface area contributed by atoms with Crippen molar-refractivity contribution in [3.05, 3.63) is 46.8 Å². The molecule has 0 spiro atoms. The van der Waals surface area contributed by atoms with Crippen LogP contribution in [0, 0.1) is 18.3 Å². The highest BCUT2D eigenvalue weighted by Crippen LogP contribution is 2.36. The molecule has 0 atom stereocenters. The van der Waals surface area contributed by atoms with Gasteiger partial charge in [-0.25, -0.2) is 19.7 Å². The molecule has 1 aromatic carbocycles. The molecule has 0 saturated carbocycles. The summed E-state index contributed by atoms with van der Waals surface area (Å²) in [7, 11) is 1.65. The van der Waals surface area contributed by atoms with Crippen LogP contribution in [0.1, 0.15) is 29.3 Å². The van der Waals surface area contributed by atoms with E-state index in [1.165, 1.54) is 18.3 Å². The number of likely N-dealkylation sites (N-methyl/N-ethyl adjacent to an activating group) is 1. The molecule has 3 N–H and O–H groups in total. The highest BCUT2D eigenvalue weighted by Gasteiger charge is 2.34. The first-order chi connectivity index (χ1) is 18.6. The first-order valence-corrected chi connectivity index (χ1v) is 13.1. The summed E-state index contributed by atoms with van der Waals surface area (Å²) in [5.41, 5.74) is 0.521. The second kappa shape index (κ2) is 11.9. The van der Waals surface area contributed by atoms with E-state index in [1.807, 2.05) is 11.0 Å². The number of hydrogen-bond donors (Lipinski definition) is 3. The molecule has 4 rings (SSSR count). The standard InChI is InChI=1S/C25H28F3N9OS/c1-4-36-7-9-37(10-8-36)14-16-5-6-18(11-19(16)25(26,27)28)33-23(38)35-24-32-15(2)21(39-24)20-17(12-29)13-31-22(30-3)34-20/h5-6,11,13H,4,7-10,14H2,1-3H3,(H,30,31,34)(H2,32,33,35,38). The lowest BCUT2D eigenvalue weighted by Gasteiger charge is -2.34. The molecule has 0 bridgehead atoms. The number of rotatable bonds is 7. The van der Waals surface area contributed by atoms with E-state index in [2.05, 4.69) is 42.7 Å². The zero-order valence-corrected chi connectivity index (χ0v) is 22.5. The molecule has 1 saturated heterocycles. The van der Waals surface area contributed by atoms with E-state index in [4.69, 9.17) is 0 Å². The lowest BCUT2D eigenvalue weighted by atomic mass is 10.0. The third-order valence-corrected chi connectivity index (χ3v) is 7.42. The molecule has 3 aromatic rings. The van der Waals surface area contributed by atoms with Crippen molar-refractivity contribution in [3.8, 4) is 16.6 Å². The zero-order valence-electron chi connectivity index (χ0n) is 21.7. The van der Waals surface area contributed by atoms with E-state index in [0.29, 0.717) is 35.3 Å². The summed E-state index contributed by atoms with van der Waals surface area (Å²) in [6.45, 7) is 7.91. The fourth-order valence-electron chi connectivity index (χ4n) is 4.25. The number of nitrogens with zero attached hydrogens (tertiary/aromatic N) is 6. The fourth-order valence-corrected chi connectivity index (χ4v) is 5.21. The van der Waals surface area contributed by atoms with Crippen molar-refractivity contribution in [2.24, 2.45) is 0 Å². The Morgan fingerprint density at radius 2 is 1.87 bits per heavy atom. The Bertz CT molecular complexity index is 1380. The van der Waals surface area contributed by atoms with Gasteiger partial charge in [0.1, 0.15) is 11.8 Å². The first kappa shape index (κ1) is 28.2. The average Bonchev–Trinajstić information content (AvgIpc) is 3.28. The van der Waals surface area contributed by atoms with E-state index in [0.717, 1.165) is 37.0 Å². The normalized spacial score (nSPS) is 14.6. The second-order valence-corrected chi connectivity index (χ2v) is 9.91. The molecular weight excluding hydrogens is 531 g/mol. The third kappa shape index (κ3) is 6.80. The van der Waals surface area contributed by atoms with Crippen molar-refractivity contribution in [1.82, 2.24) is 24.8 Å². The van der Waals surface area contributed by atoms with Crippen LogP contribution in [0.4, 0.5) is 34.7 Å². The molecule has 0 radical (unpaired) electrons. The number of piperazine rings is 1. The van der Waals surface area contributed by atoms with Crippen LogP contribution in [0.5, 0.6) is 0 Å². The van der Waals surface area contributed by atoms with Gasteiger partial charge in [-0.15, -0.1) is 0 Å². The summed E-state index contributed by atoms with van der Waals surface area (Å²) >= 11 is 1.09. The molecule has 10 nitrogen and oxygen atoms in total. The van der Waals surface area contributed by atoms with Crippen LogP contribution in [0.2, 0.25) is 0 Å². The maximum Gasteiger partial charge on any atom is 0.416 e. The quantitative estimate of drug-likeness (QED) is 0.383. The zero-order chi connectivity index (χ0) is 28.2. The Balaban J connectivity index is 1.48. The van der Waals surface area contributed by atoms with Crippen LogP contribution < -0.4 is 16.0 Å². The van der Waals surface area contributed by atoms with Gasteiger partial charge in [0, 0.05) is 45.5 Å². The number of carbonyl (C=O) groups is 1. The van der Waals surface area contributed by atoms with E-state index >= 15 is 0 Å². The van der Waals surface area contributed by atoms with Crippen LogP contribution in [0.15, 0.2) is 24.4 Å². The van der Waals surface area contributed by atoms with Crippen molar-refractivity contribution < 1.29 is 18.0 Å². The van der Waals surface area contributed by atoms with Gasteiger partial charge in [0.15, 0.2) is 5.13 Å². The summed E-state index contributed by atoms with van der Waals surface area (Å²) in [5, 5.41) is 17.5. The van der Waals surface area contributed by atoms with Gasteiger partial charge < -0.3 is 15.5 Å². The largest absolute Gasteiger partial charge is 0.416 e. The van der Waals surface area contributed by atoms with Crippen LogP contribution >= 0.6 is 11.3 Å². The molecule has 1 fully saturated rings. The van der Waals surface area contributed by atoms with Gasteiger partial charge in [-0.1, -0.05) is 24.3 Å². The Morgan fingerprint density at radius 1 is 1.15 bits per heavy atom. The monoisotopic (exact) mass is 559 g/mol. The van der Waals surface area contributed by atoms with Crippen LogP contribution in [-0.4, -0.2) is 70.6 Å². The van der Waals surface area contributed by atoms with Gasteiger partial charge in [0.2, 0.25) is 5.95 Å². The smallest absolute Gasteiger partial charge is 0.357 e. The molecule has 39 heavy (non-hydrogen) atoms. The molecular formula is C25H28F3N9OS. The lowest BCUT2D eigenvalue weighted by molar-refractivity contribution is -0.138. The van der Waals surface area contributed by atoms with Gasteiger partial charge in [-0.2, -0.15) is 18.4 Å². The van der Waals surface area contributed by atoms with Crippen molar-refractivity contribution >= 4 is 34.1 Å².